The summed E-state index contributed by atoms with van der Waals surface area (Å²) in [5, 5.41) is 0. The second kappa shape index (κ2) is 12.8. The zero-order valence-electron chi connectivity index (χ0n) is 23.5. The molecule has 3 atom stereocenters. The third kappa shape index (κ3) is 6.01. The van der Waals surface area contributed by atoms with Gasteiger partial charge in [-0.05, 0) is 89.7 Å². The number of para-hydroxylation sites is 2. The number of likely N-dealkylation sites (tertiary alicyclic amines) is 1. The number of benzene rings is 1. The smallest absolute Gasteiger partial charge is 0.362 e. The van der Waals surface area contributed by atoms with Gasteiger partial charge in [-0.2, -0.15) is 0 Å². The lowest BCUT2D eigenvalue weighted by atomic mass is 9.79. The molecule has 36 heavy (non-hydrogen) atoms. The number of ether oxygens (including phenoxy) is 1. The molecule has 0 radical (unpaired) electrons. The molecule has 0 amide bonds. The molecule has 2 fully saturated rings. The number of esters is 1. The molecule has 6 heteroatoms. The van der Waals surface area contributed by atoms with E-state index >= 15 is 0 Å². The Morgan fingerprint density at radius 2 is 1.72 bits per heavy atom. The molecule has 1 aromatic heterocycles. The third-order valence-electron chi connectivity index (χ3n) is 8.27. The van der Waals surface area contributed by atoms with Crippen molar-refractivity contribution in [3.05, 3.63) is 40.3 Å². The lowest BCUT2D eigenvalue weighted by Crippen LogP contribution is -2.46. The topological polar surface area (TPSA) is 64.4 Å². The average molecular weight is 498 g/mol. The van der Waals surface area contributed by atoms with Crippen LogP contribution < -0.4 is 5.56 Å². The summed E-state index contributed by atoms with van der Waals surface area (Å²) in [6, 6.07) is 9.24. The number of nitrogens with zero attached hydrogens (tertiary/aromatic N) is 3. The van der Waals surface area contributed by atoms with E-state index in [2.05, 4.69) is 37.6 Å². The molecule has 0 spiro atoms. The second-order valence-corrected chi connectivity index (χ2v) is 10.8. The van der Waals surface area contributed by atoms with E-state index in [4.69, 9.17) is 4.74 Å². The van der Waals surface area contributed by atoms with Gasteiger partial charge in [0.15, 0.2) is 0 Å². The molecule has 2 aromatic rings. The summed E-state index contributed by atoms with van der Waals surface area (Å²) in [5.74, 6) is 0.986. The first kappa shape index (κ1) is 28.4. The Balaban J connectivity index is 0.00000176. The Morgan fingerprint density at radius 3 is 2.36 bits per heavy atom. The Bertz CT molecular complexity index is 1060. The van der Waals surface area contributed by atoms with Gasteiger partial charge < -0.3 is 9.30 Å². The van der Waals surface area contributed by atoms with Gasteiger partial charge >= 0.3 is 5.97 Å². The molecule has 4 rings (SSSR count). The van der Waals surface area contributed by atoms with E-state index in [1.165, 1.54) is 32.1 Å². The predicted octanol–water partition coefficient (Wildman–Crippen LogP) is 6.62. The molecule has 6 nitrogen and oxygen atoms in total. The van der Waals surface area contributed by atoms with Crippen molar-refractivity contribution in [2.45, 2.75) is 118 Å². The summed E-state index contributed by atoms with van der Waals surface area (Å²) >= 11 is 0. The maximum absolute atomic E-state index is 13.4. The van der Waals surface area contributed by atoms with E-state index in [1.807, 2.05) is 38.1 Å². The summed E-state index contributed by atoms with van der Waals surface area (Å²) in [7, 11) is 0. The summed E-state index contributed by atoms with van der Waals surface area (Å²) in [4.78, 5) is 33.1. The number of carbonyl (C=O) groups excluding carboxylic acids is 1. The zero-order chi connectivity index (χ0) is 26.4. The van der Waals surface area contributed by atoms with E-state index in [9.17, 15) is 9.59 Å². The molecule has 1 aromatic carbocycles. The number of rotatable bonds is 7. The fourth-order valence-electron chi connectivity index (χ4n) is 6.48. The van der Waals surface area contributed by atoms with Crippen molar-refractivity contribution in [1.82, 2.24) is 14.5 Å². The van der Waals surface area contributed by atoms with E-state index in [-0.39, 0.29) is 23.9 Å². The highest BCUT2D eigenvalue weighted by molar-refractivity contribution is 5.89. The van der Waals surface area contributed by atoms with E-state index in [0.29, 0.717) is 23.6 Å². The maximum Gasteiger partial charge on any atom is 0.362 e. The van der Waals surface area contributed by atoms with E-state index in [0.717, 1.165) is 30.2 Å². The molecule has 1 aliphatic heterocycles. The van der Waals surface area contributed by atoms with Crippen LogP contribution in [0.15, 0.2) is 29.1 Å². The molecule has 3 unspecified atom stereocenters. The van der Waals surface area contributed by atoms with Crippen molar-refractivity contribution in [3.63, 3.8) is 0 Å². The molecule has 0 N–H and O–H groups in total. The lowest BCUT2D eigenvalue weighted by molar-refractivity contribution is 0.0516. The van der Waals surface area contributed by atoms with Crippen molar-refractivity contribution >= 4 is 17.0 Å². The van der Waals surface area contributed by atoms with Crippen LogP contribution in [0, 0.1) is 11.8 Å². The van der Waals surface area contributed by atoms with Gasteiger partial charge in [-0.1, -0.05) is 39.8 Å². The third-order valence-corrected chi connectivity index (χ3v) is 8.27. The highest BCUT2D eigenvalue weighted by Gasteiger charge is 2.38. The highest BCUT2D eigenvalue weighted by atomic mass is 16.5. The quantitative estimate of drug-likeness (QED) is 0.402. The Labute approximate surface area is 217 Å². The molecule has 1 saturated carbocycles. The summed E-state index contributed by atoms with van der Waals surface area (Å²) in [5.41, 5.74) is 0.972. The number of hydrogen-bond acceptors (Lipinski definition) is 5. The SMILES string of the molecule is CC.CCOC(=O)c1nc2ccccc2n(C(C)CC2CCC(C)N2C2CCC(C(C)C)CC2)c1=O. The van der Waals surface area contributed by atoms with Crippen LogP contribution in [-0.4, -0.2) is 45.2 Å². The van der Waals surface area contributed by atoms with Gasteiger partial charge in [0.2, 0.25) is 5.69 Å². The maximum atomic E-state index is 13.4. The number of hydrogen-bond donors (Lipinski definition) is 0. The Kier molecular flexibility index (Phi) is 10.1. The van der Waals surface area contributed by atoms with Gasteiger partial charge in [0, 0.05) is 24.2 Å². The van der Waals surface area contributed by atoms with Crippen molar-refractivity contribution in [3.8, 4) is 0 Å². The van der Waals surface area contributed by atoms with Crippen LogP contribution in [0.5, 0.6) is 0 Å². The minimum Gasteiger partial charge on any atom is -0.461 e. The minimum atomic E-state index is -0.641. The van der Waals surface area contributed by atoms with Crippen molar-refractivity contribution in [2.75, 3.05) is 6.61 Å². The number of fused-ring (bicyclic) bond motifs is 1. The van der Waals surface area contributed by atoms with Gasteiger partial charge in [-0.3, -0.25) is 9.69 Å². The van der Waals surface area contributed by atoms with Crippen LogP contribution in [0.1, 0.15) is 110 Å². The number of carbonyl (C=O) groups is 1. The van der Waals surface area contributed by atoms with Crippen LogP contribution in [0.3, 0.4) is 0 Å². The predicted molar refractivity (Wildman–Crippen MR) is 148 cm³/mol. The average Bonchev–Trinajstić information content (AvgIpc) is 3.24. The van der Waals surface area contributed by atoms with E-state index < -0.39 is 5.97 Å². The van der Waals surface area contributed by atoms with Crippen LogP contribution in [0.4, 0.5) is 0 Å². The number of aromatic nitrogens is 2. The van der Waals surface area contributed by atoms with Crippen LogP contribution in [-0.2, 0) is 4.74 Å². The fraction of sp³-hybridized carbons (Fsp3) is 0.700. The lowest BCUT2D eigenvalue weighted by Gasteiger charge is -2.42. The molecular formula is C30H47N3O3. The molecule has 2 heterocycles. The second-order valence-electron chi connectivity index (χ2n) is 10.8. The van der Waals surface area contributed by atoms with Crippen LogP contribution >= 0.6 is 0 Å². The van der Waals surface area contributed by atoms with Gasteiger partial charge in [0.1, 0.15) is 0 Å². The summed E-state index contributed by atoms with van der Waals surface area (Å²) in [6.07, 6.45) is 8.48. The Hall–Kier alpha value is -2.21. The molecule has 1 saturated heterocycles. The van der Waals surface area contributed by atoms with Gasteiger partial charge in [0.05, 0.1) is 17.6 Å². The highest BCUT2D eigenvalue weighted by Crippen LogP contribution is 2.39. The molecule has 2 aliphatic rings. The fourth-order valence-corrected chi connectivity index (χ4v) is 6.48. The molecular weight excluding hydrogens is 450 g/mol. The van der Waals surface area contributed by atoms with Crippen molar-refractivity contribution in [2.24, 2.45) is 11.8 Å². The minimum absolute atomic E-state index is 0.0432. The van der Waals surface area contributed by atoms with Crippen LogP contribution in [0.2, 0.25) is 0 Å². The largest absolute Gasteiger partial charge is 0.461 e. The van der Waals surface area contributed by atoms with Crippen molar-refractivity contribution in [1.29, 1.82) is 0 Å². The van der Waals surface area contributed by atoms with Gasteiger partial charge in [-0.25, -0.2) is 9.78 Å². The first-order valence-corrected chi connectivity index (χ1v) is 14.3. The molecule has 1 aliphatic carbocycles. The van der Waals surface area contributed by atoms with Crippen molar-refractivity contribution < 1.29 is 9.53 Å². The van der Waals surface area contributed by atoms with Crippen LogP contribution in [0.25, 0.3) is 11.0 Å². The zero-order valence-corrected chi connectivity index (χ0v) is 23.5. The molecule has 0 bridgehead atoms. The standard InChI is InChI=1S/C28H41N3O3.C2H6/c1-6-34-28(33)26-27(32)31(25-10-8-7-9-24(25)29-26)20(5)17-23-14-11-19(4)30(23)22-15-12-21(13-16-22)18(2)3;1-2/h7-10,18-23H,6,11-17H2,1-5H3;1-2H3. The summed E-state index contributed by atoms with van der Waals surface area (Å²) < 4.78 is 6.92. The monoisotopic (exact) mass is 497 g/mol. The van der Waals surface area contributed by atoms with Gasteiger partial charge in [0.25, 0.3) is 5.56 Å². The first-order chi connectivity index (χ1) is 17.3. The Morgan fingerprint density at radius 1 is 1.06 bits per heavy atom. The summed E-state index contributed by atoms with van der Waals surface area (Å²) in [6.45, 7) is 15.1. The van der Waals surface area contributed by atoms with Gasteiger partial charge in [-0.15, -0.1) is 0 Å². The molecule has 200 valence electrons. The first-order valence-electron chi connectivity index (χ1n) is 14.3. The normalized spacial score (nSPS) is 25.4. The van der Waals surface area contributed by atoms with E-state index in [1.54, 1.807) is 11.5 Å².